The van der Waals surface area contributed by atoms with Crippen LogP contribution >= 0.6 is 15.9 Å². The quantitative estimate of drug-likeness (QED) is 0.721. The molecule has 0 spiro atoms. The Morgan fingerprint density at radius 2 is 1.92 bits per heavy atom. The minimum atomic E-state index is -4.42. The highest BCUT2D eigenvalue weighted by atomic mass is 79.9. The SMILES string of the molecule is CC(Br)c1cnc(C(F)(F)F)cn1. The van der Waals surface area contributed by atoms with Gasteiger partial charge in [-0.25, -0.2) is 4.98 Å². The summed E-state index contributed by atoms with van der Waals surface area (Å²) < 4.78 is 36.0. The number of nitrogens with zero attached hydrogens (tertiary/aromatic N) is 2. The molecular weight excluding hydrogens is 249 g/mol. The summed E-state index contributed by atoms with van der Waals surface area (Å²) in [6.07, 6.45) is -2.57. The Morgan fingerprint density at radius 3 is 2.23 bits per heavy atom. The molecule has 13 heavy (non-hydrogen) atoms. The zero-order valence-corrected chi connectivity index (χ0v) is 8.22. The summed E-state index contributed by atoms with van der Waals surface area (Å²) in [4.78, 5) is 6.77. The van der Waals surface area contributed by atoms with Gasteiger partial charge >= 0.3 is 6.18 Å². The number of halogens is 4. The summed E-state index contributed by atoms with van der Waals surface area (Å²) in [6, 6.07) is 0. The molecule has 0 saturated carbocycles. The minimum Gasteiger partial charge on any atom is -0.256 e. The molecule has 0 bridgehead atoms. The fourth-order valence-corrected chi connectivity index (χ4v) is 0.926. The fourth-order valence-electron chi connectivity index (χ4n) is 0.690. The molecular formula is C7H6BrF3N2. The van der Waals surface area contributed by atoms with E-state index in [2.05, 4.69) is 25.9 Å². The molecule has 0 radical (unpaired) electrons. The van der Waals surface area contributed by atoms with Gasteiger partial charge in [-0.1, -0.05) is 15.9 Å². The lowest BCUT2D eigenvalue weighted by Gasteiger charge is -2.06. The van der Waals surface area contributed by atoms with E-state index in [1.165, 1.54) is 0 Å². The Bertz CT molecular complexity index is 281. The summed E-state index contributed by atoms with van der Waals surface area (Å²) in [6.45, 7) is 1.76. The molecule has 0 aliphatic carbocycles. The minimum absolute atomic E-state index is 0.0951. The lowest BCUT2D eigenvalue weighted by molar-refractivity contribution is -0.141. The Kier molecular flexibility index (Phi) is 2.90. The van der Waals surface area contributed by atoms with Crippen molar-refractivity contribution in [3.8, 4) is 0 Å². The normalized spacial score (nSPS) is 14.2. The molecule has 1 rings (SSSR count). The van der Waals surface area contributed by atoms with Crippen LogP contribution in [0.25, 0.3) is 0 Å². The average Bonchev–Trinajstić information content (AvgIpc) is 2.03. The predicted octanol–water partition coefficient (Wildman–Crippen LogP) is 2.95. The van der Waals surface area contributed by atoms with Crippen LogP contribution < -0.4 is 0 Å². The molecule has 0 N–H and O–H groups in total. The Labute approximate surface area is 81.3 Å². The monoisotopic (exact) mass is 254 g/mol. The van der Waals surface area contributed by atoms with Crippen LogP contribution in [0.4, 0.5) is 13.2 Å². The lowest BCUT2D eigenvalue weighted by Crippen LogP contribution is -2.09. The molecule has 0 amide bonds. The Hall–Kier alpha value is -0.650. The molecule has 1 heterocycles. The van der Waals surface area contributed by atoms with Gasteiger partial charge in [0.15, 0.2) is 5.69 Å². The maximum Gasteiger partial charge on any atom is 0.434 e. The van der Waals surface area contributed by atoms with Gasteiger partial charge in [0.1, 0.15) is 0 Å². The van der Waals surface area contributed by atoms with Crippen LogP contribution in [0.3, 0.4) is 0 Å². The average molecular weight is 255 g/mol. The highest BCUT2D eigenvalue weighted by molar-refractivity contribution is 9.09. The second-order valence-electron chi connectivity index (χ2n) is 2.44. The van der Waals surface area contributed by atoms with E-state index in [0.29, 0.717) is 5.69 Å². The van der Waals surface area contributed by atoms with Crippen LogP contribution in [-0.2, 0) is 6.18 Å². The highest BCUT2D eigenvalue weighted by Crippen LogP contribution is 2.27. The van der Waals surface area contributed by atoms with E-state index < -0.39 is 11.9 Å². The van der Waals surface area contributed by atoms with Crippen LogP contribution in [0.2, 0.25) is 0 Å². The molecule has 0 fully saturated rings. The van der Waals surface area contributed by atoms with E-state index in [4.69, 9.17) is 0 Å². The van der Waals surface area contributed by atoms with Crippen molar-refractivity contribution in [2.45, 2.75) is 17.9 Å². The van der Waals surface area contributed by atoms with Crippen molar-refractivity contribution in [2.75, 3.05) is 0 Å². The van der Waals surface area contributed by atoms with Gasteiger partial charge in [0.2, 0.25) is 0 Å². The third-order valence-electron chi connectivity index (χ3n) is 1.37. The summed E-state index contributed by atoms with van der Waals surface area (Å²) in [5.74, 6) is 0. The van der Waals surface area contributed by atoms with Gasteiger partial charge in [-0.3, -0.25) is 4.98 Å². The van der Waals surface area contributed by atoms with E-state index in [-0.39, 0.29) is 4.83 Å². The molecule has 1 unspecified atom stereocenters. The van der Waals surface area contributed by atoms with Gasteiger partial charge < -0.3 is 0 Å². The zero-order valence-electron chi connectivity index (χ0n) is 6.64. The van der Waals surface area contributed by atoms with E-state index in [9.17, 15) is 13.2 Å². The van der Waals surface area contributed by atoms with Crippen molar-refractivity contribution in [3.63, 3.8) is 0 Å². The predicted molar refractivity (Wildman–Crippen MR) is 44.4 cm³/mol. The topological polar surface area (TPSA) is 25.8 Å². The number of hydrogen-bond donors (Lipinski definition) is 0. The lowest BCUT2D eigenvalue weighted by atomic mass is 10.3. The third-order valence-corrected chi connectivity index (χ3v) is 1.84. The maximum absolute atomic E-state index is 12.0. The largest absolute Gasteiger partial charge is 0.434 e. The number of aromatic nitrogens is 2. The molecule has 6 heteroatoms. The molecule has 2 nitrogen and oxygen atoms in total. The van der Waals surface area contributed by atoms with Gasteiger partial charge in [-0.2, -0.15) is 13.2 Å². The van der Waals surface area contributed by atoms with Crippen molar-refractivity contribution in [1.29, 1.82) is 0 Å². The van der Waals surface area contributed by atoms with Crippen LogP contribution in [-0.4, -0.2) is 9.97 Å². The van der Waals surface area contributed by atoms with E-state index >= 15 is 0 Å². The zero-order chi connectivity index (χ0) is 10.1. The standard InChI is InChI=1S/C7H6BrF3N2/c1-4(8)5-2-13-6(3-12-5)7(9,10)11/h2-4H,1H3. The number of rotatable bonds is 1. The van der Waals surface area contributed by atoms with Crippen LogP contribution in [0, 0.1) is 0 Å². The second-order valence-corrected chi connectivity index (χ2v) is 3.81. The van der Waals surface area contributed by atoms with Gasteiger partial charge in [-0.15, -0.1) is 0 Å². The van der Waals surface area contributed by atoms with Crippen molar-refractivity contribution >= 4 is 15.9 Å². The molecule has 0 aliphatic rings. The van der Waals surface area contributed by atoms with Crippen molar-refractivity contribution < 1.29 is 13.2 Å². The van der Waals surface area contributed by atoms with Gasteiger partial charge in [0, 0.05) is 0 Å². The molecule has 0 aliphatic heterocycles. The number of alkyl halides is 4. The van der Waals surface area contributed by atoms with Gasteiger partial charge in [0.25, 0.3) is 0 Å². The van der Waals surface area contributed by atoms with E-state index in [0.717, 1.165) is 12.4 Å². The summed E-state index contributed by atoms with van der Waals surface area (Å²) in [5.41, 5.74) is -0.489. The molecule has 1 aromatic rings. The van der Waals surface area contributed by atoms with Crippen molar-refractivity contribution in [3.05, 3.63) is 23.8 Å². The van der Waals surface area contributed by atoms with Crippen LogP contribution in [0.5, 0.6) is 0 Å². The Balaban J connectivity index is 2.94. The van der Waals surface area contributed by atoms with Crippen LogP contribution in [0.15, 0.2) is 12.4 Å². The highest BCUT2D eigenvalue weighted by Gasteiger charge is 2.32. The molecule has 0 aromatic carbocycles. The van der Waals surface area contributed by atoms with E-state index in [1.54, 1.807) is 6.92 Å². The first-order valence-electron chi connectivity index (χ1n) is 3.44. The van der Waals surface area contributed by atoms with Crippen molar-refractivity contribution in [1.82, 2.24) is 9.97 Å². The number of hydrogen-bond acceptors (Lipinski definition) is 2. The first kappa shape index (κ1) is 10.4. The second kappa shape index (κ2) is 3.61. The molecule has 72 valence electrons. The Morgan fingerprint density at radius 1 is 1.31 bits per heavy atom. The molecule has 0 saturated heterocycles. The smallest absolute Gasteiger partial charge is 0.256 e. The first-order valence-corrected chi connectivity index (χ1v) is 4.36. The molecule has 1 atom stereocenters. The summed E-state index contributed by atoms with van der Waals surface area (Å²) >= 11 is 3.17. The third kappa shape index (κ3) is 2.65. The van der Waals surface area contributed by atoms with Gasteiger partial charge in [0.05, 0.1) is 22.9 Å². The van der Waals surface area contributed by atoms with E-state index in [1.807, 2.05) is 0 Å². The summed E-state index contributed by atoms with van der Waals surface area (Å²) in [7, 11) is 0. The maximum atomic E-state index is 12.0. The first-order chi connectivity index (χ1) is 5.91. The van der Waals surface area contributed by atoms with Gasteiger partial charge in [-0.05, 0) is 6.92 Å². The van der Waals surface area contributed by atoms with Crippen molar-refractivity contribution in [2.24, 2.45) is 0 Å². The molecule has 1 aromatic heterocycles. The van der Waals surface area contributed by atoms with Crippen LogP contribution in [0.1, 0.15) is 23.1 Å². The fraction of sp³-hybridized carbons (Fsp3) is 0.429. The summed E-state index contributed by atoms with van der Waals surface area (Å²) in [5, 5.41) is 0.